The molecule has 13 rings (SSSR count). The topological polar surface area (TPSA) is 32.8 Å². The number of hydrogen-bond acceptors (Lipinski definition) is 4. The lowest BCUT2D eigenvalue weighted by molar-refractivity contribution is 0.622. The number of para-hydroxylation sites is 2. The minimum atomic E-state index is -0.250. The fourth-order valence-electron chi connectivity index (χ4n) is 9.99. The number of furan rings is 2. The highest BCUT2D eigenvalue weighted by Gasteiger charge is 2.50. The van der Waals surface area contributed by atoms with E-state index >= 15 is 0 Å². The second-order valence-corrected chi connectivity index (χ2v) is 15.5. The minimum Gasteiger partial charge on any atom is -0.468 e. The van der Waals surface area contributed by atoms with Gasteiger partial charge in [0.15, 0.2) is 0 Å². The molecule has 11 aromatic rings. The predicted octanol–water partition coefficient (Wildman–Crippen LogP) is 12.9. The van der Waals surface area contributed by atoms with Crippen LogP contribution in [0, 0.1) is 0 Å². The summed E-state index contributed by atoms with van der Waals surface area (Å²) in [5.41, 5.74) is 14.9. The predicted molar refractivity (Wildman–Crippen MR) is 246 cm³/mol. The summed E-state index contributed by atoms with van der Waals surface area (Å²) in [6, 6.07) is 71.8. The van der Waals surface area contributed by atoms with Crippen LogP contribution in [0.25, 0.3) is 65.7 Å². The first kappa shape index (κ1) is 32.3. The Labute approximate surface area is 340 Å². The van der Waals surface area contributed by atoms with E-state index in [2.05, 4.69) is 210 Å². The van der Waals surface area contributed by atoms with Gasteiger partial charge < -0.3 is 13.7 Å². The van der Waals surface area contributed by atoms with Gasteiger partial charge in [0.2, 0.25) is 5.88 Å². The summed E-state index contributed by atoms with van der Waals surface area (Å²) >= 11 is 0. The Kier molecular flexibility index (Phi) is 6.78. The molecular weight excluding hydrogens is 719 g/mol. The Hall–Kier alpha value is -7.76. The van der Waals surface area contributed by atoms with Crippen molar-refractivity contribution in [2.45, 2.75) is 0 Å². The molecule has 0 aliphatic carbocycles. The summed E-state index contributed by atoms with van der Waals surface area (Å²) in [6.45, 7) is -0.250. The molecular formula is C54H33BN2O2. The van der Waals surface area contributed by atoms with E-state index < -0.39 is 0 Å². The van der Waals surface area contributed by atoms with Crippen molar-refractivity contribution in [1.82, 2.24) is 0 Å². The first-order valence-corrected chi connectivity index (χ1v) is 20.2. The van der Waals surface area contributed by atoms with Gasteiger partial charge in [0.25, 0.3) is 0 Å². The van der Waals surface area contributed by atoms with Gasteiger partial charge in [-0.3, -0.25) is 4.90 Å². The van der Waals surface area contributed by atoms with E-state index in [1.165, 1.54) is 16.2 Å². The second-order valence-electron chi connectivity index (χ2n) is 15.5. The van der Waals surface area contributed by atoms with E-state index in [1.807, 2.05) is 0 Å². The molecule has 0 fully saturated rings. The summed E-state index contributed by atoms with van der Waals surface area (Å²) < 4.78 is 14.4. The van der Waals surface area contributed by atoms with Crippen LogP contribution in [0.4, 0.5) is 34.3 Å². The lowest BCUT2D eigenvalue weighted by atomic mass is 9.35. The smallest absolute Gasteiger partial charge is 0.302 e. The highest BCUT2D eigenvalue weighted by molar-refractivity contribution is 7.01. The first-order valence-electron chi connectivity index (χ1n) is 20.2. The molecule has 2 aromatic heterocycles. The molecule has 4 nitrogen and oxygen atoms in total. The van der Waals surface area contributed by atoms with Crippen molar-refractivity contribution in [3.63, 3.8) is 0 Å². The van der Waals surface area contributed by atoms with Crippen molar-refractivity contribution < 1.29 is 8.83 Å². The van der Waals surface area contributed by atoms with Crippen LogP contribution in [0.2, 0.25) is 0 Å². The van der Waals surface area contributed by atoms with Gasteiger partial charge in [-0.2, -0.15) is 0 Å². The molecule has 9 aromatic carbocycles. The Balaban J connectivity index is 1.21. The molecule has 59 heavy (non-hydrogen) atoms. The molecule has 0 bridgehead atoms. The zero-order valence-corrected chi connectivity index (χ0v) is 31.8. The van der Waals surface area contributed by atoms with E-state index in [0.717, 1.165) is 100 Å². The molecule has 0 saturated carbocycles. The monoisotopic (exact) mass is 752 g/mol. The van der Waals surface area contributed by atoms with Crippen LogP contribution in [0.15, 0.2) is 209 Å². The van der Waals surface area contributed by atoms with Crippen molar-refractivity contribution >= 4 is 101 Å². The van der Waals surface area contributed by atoms with Gasteiger partial charge in [-0.1, -0.05) is 170 Å². The summed E-state index contributed by atoms with van der Waals surface area (Å²) in [5, 5.41) is 6.81. The van der Waals surface area contributed by atoms with Gasteiger partial charge in [0.1, 0.15) is 11.2 Å². The van der Waals surface area contributed by atoms with Crippen LogP contribution < -0.4 is 26.4 Å². The molecule has 0 unspecified atom stereocenters. The molecule has 2 aliphatic rings. The molecule has 0 spiro atoms. The number of nitrogens with zero attached hydrogens (tertiary/aromatic N) is 2. The van der Waals surface area contributed by atoms with Crippen molar-refractivity contribution in [3.8, 4) is 22.3 Å². The standard InChI is InChI=1S/C54H33BN2O2/c1-3-16-34(17-4-1)40-32-30-36-20-7-9-22-38(36)50(40)56-44-26-15-27-45-49(44)55(53-52(56)43-25-12-14-29-47(43)58-53)48-42-24-11-13-28-46(42)59-54(48)57(45)51-39-23-10-8-21-37(39)31-33-41(51)35-18-5-2-6-19-35/h1-33H. The molecule has 0 atom stereocenters. The van der Waals surface area contributed by atoms with E-state index in [-0.39, 0.29) is 6.71 Å². The van der Waals surface area contributed by atoms with Crippen molar-refractivity contribution in [2.24, 2.45) is 0 Å². The SMILES string of the molecule is c1ccc(-c2ccc3ccccc3c2N2c3cccc4c3B(c3oc5ccccc5c3N4c3c(-c4ccccc4)ccc4ccccc34)c3c2oc2ccccc32)cc1. The fourth-order valence-corrected chi connectivity index (χ4v) is 9.99. The molecule has 0 N–H and O–H groups in total. The fraction of sp³-hybridized carbons (Fsp3) is 0. The largest absolute Gasteiger partial charge is 0.468 e. The van der Waals surface area contributed by atoms with Crippen molar-refractivity contribution in [3.05, 3.63) is 200 Å². The molecule has 0 radical (unpaired) electrons. The van der Waals surface area contributed by atoms with Gasteiger partial charge in [-0.15, -0.1) is 0 Å². The van der Waals surface area contributed by atoms with Crippen LogP contribution in [0.5, 0.6) is 0 Å². The Morgan fingerprint density at radius 3 is 1.46 bits per heavy atom. The van der Waals surface area contributed by atoms with Crippen LogP contribution >= 0.6 is 0 Å². The number of hydrogen-bond donors (Lipinski definition) is 0. The number of fused-ring (bicyclic) bond motifs is 10. The molecule has 0 amide bonds. The minimum absolute atomic E-state index is 0.250. The van der Waals surface area contributed by atoms with Crippen LogP contribution in [0.3, 0.4) is 0 Å². The van der Waals surface area contributed by atoms with Gasteiger partial charge in [-0.05, 0) is 57.7 Å². The summed E-state index contributed by atoms with van der Waals surface area (Å²) in [4.78, 5) is 4.91. The average Bonchev–Trinajstić information content (AvgIpc) is 3.88. The molecule has 274 valence electrons. The highest BCUT2D eigenvalue weighted by atomic mass is 16.4. The lowest BCUT2D eigenvalue weighted by Gasteiger charge is -2.41. The van der Waals surface area contributed by atoms with Gasteiger partial charge in [0.05, 0.1) is 22.7 Å². The number of anilines is 6. The zero-order chi connectivity index (χ0) is 38.6. The number of rotatable bonds is 4. The molecule has 4 heterocycles. The Morgan fingerprint density at radius 1 is 0.339 bits per heavy atom. The lowest BCUT2D eigenvalue weighted by Crippen LogP contribution is -2.60. The summed E-state index contributed by atoms with van der Waals surface area (Å²) in [6.07, 6.45) is 0. The van der Waals surface area contributed by atoms with Crippen molar-refractivity contribution in [1.29, 1.82) is 0 Å². The van der Waals surface area contributed by atoms with Crippen LogP contribution in [-0.2, 0) is 0 Å². The number of benzene rings is 9. The normalized spacial score (nSPS) is 13.0. The molecule has 5 heteroatoms. The van der Waals surface area contributed by atoms with E-state index in [4.69, 9.17) is 8.83 Å². The third kappa shape index (κ3) is 4.55. The quantitative estimate of drug-likeness (QED) is 0.168. The maximum atomic E-state index is 7.23. The Morgan fingerprint density at radius 2 is 0.831 bits per heavy atom. The highest BCUT2D eigenvalue weighted by Crippen LogP contribution is 2.53. The molecule has 0 saturated heterocycles. The second kappa shape index (κ2) is 12.4. The molecule has 2 aliphatic heterocycles. The van der Waals surface area contributed by atoms with Gasteiger partial charge in [0, 0.05) is 49.5 Å². The first-order chi connectivity index (χ1) is 29.3. The maximum absolute atomic E-state index is 7.23. The maximum Gasteiger partial charge on any atom is 0.302 e. The van der Waals surface area contributed by atoms with E-state index in [0.29, 0.717) is 0 Å². The van der Waals surface area contributed by atoms with Crippen LogP contribution in [0.1, 0.15) is 0 Å². The average molecular weight is 753 g/mol. The third-order valence-electron chi connectivity index (χ3n) is 12.4. The summed E-state index contributed by atoms with van der Waals surface area (Å²) in [5.74, 6) is 0.810. The third-order valence-corrected chi connectivity index (χ3v) is 12.4. The van der Waals surface area contributed by atoms with Gasteiger partial charge >= 0.3 is 6.71 Å². The van der Waals surface area contributed by atoms with E-state index in [9.17, 15) is 0 Å². The Bertz CT molecular complexity index is 3480. The van der Waals surface area contributed by atoms with Crippen molar-refractivity contribution in [2.75, 3.05) is 9.80 Å². The van der Waals surface area contributed by atoms with E-state index in [1.54, 1.807) is 0 Å². The zero-order valence-electron chi connectivity index (χ0n) is 31.8. The van der Waals surface area contributed by atoms with Crippen LogP contribution in [-0.4, -0.2) is 6.71 Å². The summed E-state index contributed by atoms with van der Waals surface area (Å²) in [7, 11) is 0. The van der Waals surface area contributed by atoms with Gasteiger partial charge in [-0.25, -0.2) is 0 Å².